The summed E-state index contributed by atoms with van der Waals surface area (Å²) in [7, 11) is 0. The smallest absolute Gasteiger partial charge is 0.328 e. The number of carbonyl (C=O) groups is 3. The lowest BCUT2D eigenvalue weighted by Crippen LogP contribution is -2.50. The minimum atomic E-state index is -0.647. The number of benzene rings is 1. The van der Waals surface area contributed by atoms with Crippen LogP contribution in [0.4, 0.5) is 5.69 Å². The number of hydrogen-bond donors (Lipinski definition) is 2. The van der Waals surface area contributed by atoms with Gasteiger partial charge >= 0.3 is 5.97 Å². The van der Waals surface area contributed by atoms with Crippen LogP contribution >= 0.6 is 23.2 Å². The Bertz CT molecular complexity index is 1160. The number of nitrogens with one attached hydrogen (secondary N) is 2. The van der Waals surface area contributed by atoms with Gasteiger partial charge in [0.2, 0.25) is 0 Å². The molecule has 2 aliphatic rings. The number of aromatic nitrogens is 1. The summed E-state index contributed by atoms with van der Waals surface area (Å²) >= 11 is 12.1. The summed E-state index contributed by atoms with van der Waals surface area (Å²) in [4.78, 5) is 41.3. The maximum Gasteiger partial charge on any atom is 0.328 e. The molecule has 2 aliphatic carbocycles. The molecule has 0 fully saturated rings. The molecule has 1 unspecified atom stereocenters. The van der Waals surface area contributed by atoms with E-state index in [2.05, 4.69) is 15.6 Å². The van der Waals surface area contributed by atoms with E-state index in [1.807, 2.05) is 24.3 Å². The van der Waals surface area contributed by atoms with Gasteiger partial charge in [-0.1, -0.05) is 47.5 Å². The first-order chi connectivity index (χ1) is 16.3. The third kappa shape index (κ3) is 4.72. The molecule has 0 saturated heterocycles. The van der Waals surface area contributed by atoms with Crippen molar-refractivity contribution in [2.45, 2.75) is 32.2 Å². The number of amides is 1. The van der Waals surface area contributed by atoms with Crippen molar-refractivity contribution in [3.63, 3.8) is 0 Å². The molecule has 9 heteroatoms. The van der Waals surface area contributed by atoms with Crippen molar-refractivity contribution >= 4 is 46.5 Å². The number of carbonyl (C=O) groups excluding carboxylic acids is 3. The van der Waals surface area contributed by atoms with Gasteiger partial charge in [-0.25, -0.2) is 4.79 Å². The molecule has 2 N–H and O–H groups in total. The summed E-state index contributed by atoms with van der Waals surface area (Å²) in [5.41, 5.74) is 1.76. The van der Waals surface area contributed by atoms with E-state index in [1.165, 1.54) is 12.4 Å². The van der Waals surface area contributed by atoms with E-state index in [4.69, 9.17) is 27.9 Å². The fourth-order valence-electron chi connectivity index (χ4n) is 4.12. The average molecular weight is 500 g/mol. The van der Waals surface area contributed by atoms with Crippen LogP contribution in [-0.2, 0) is 20.7 Å². The molecule has 1 aromatic carbocycles. The van der Waals surface area contributed by atoms with E-state index in [0.29, 0.717) is 24.9 Å². The van der Waals surface area contributed by atoms with Gasteiger partial charge in [-0.05, 0) is 37.5 Å². The van der Waals surface area contributed by atoms with Crippen LogP contribution in [0.5, 0.6) is 0 Å². The third-order valence-electron chi connectivity index (χ3n) is 5.99. The quantitative estimate of drug-likeness (QED) is 0.409. The monoisotopic (exact) mass is 499 g/mol. The Morgan fingerprint density at radius 1 is 1.12 bits per heavy atom. The molecule has 34 heavy (non-hydrogen) atoms. The highest BCUT2D eigenvalue weighted by Gasteiger charge is 2.49. The summed E-state index contributed by atoms with van der Waals surface area (Å²) in [5, 5.41) is 6.32. The van der Waals surface area contributed by atoms with E-state index in [1.54, 1.807) is 25.1 Å². The second-order valence-electron chi connectivity index (χ2n) is 8.17. The van der Waals surface area contributed by atoms with Crippen LogP contribution in [0.1, 0.15) is 35.7 Å². The Hall–Kier alpha value is -3.16. The highest BCUT2D eigenvalue weighted by Crippen LogP contribution is 2.46. The second-order valence-corrected chi connectivity index (χ2v) is 8.98. The first-order valence-electron chi connectivity index (χ1n) is 10.9. The number of allylic oxidation sites excluding steroid dienone is 4. The molecule has 176 valence electrons. The molecule has 0 radical (unpaired) electrons. The third-order valence-corrected chi connectivity index (χ3v) is 6.57. The van der Waals surface area contributed by atoms with Gasteiger partial charge in [0.1, 0.15) is 6.04 Å². The van der Waals surface area contributed by atoms with Crippen molar-refractivity contribution in [2.24, 2.45) is 5.41 Å². The number of anilines is 1. The van der Waals surface area contributed by atoms with Crippen LogP contribution < -0.4 is 10.6 Å². The van der Waals surface area contributed by atoms with Crippen molar-refractivity contribution in [1.82, 2.24) is 10.3 Å². The molecule has 0 aliphatic heterocycles. The summed E-state index contributed by atoms with van der Waals surface area (Å²) in [6, 6.07) is 6.44. The fraction of sp³-hybridized carbons (Fsp3) is 0.280. The lowest BCUT2D eigenvalue weighted by molar-refractivity contribution is -0.145. The van der Waals surface area contributed by atoms with E-state index >= 15 is 0 Å². The summed E-state index contributed by atoms with van der Waals surface area (Å²) in [6.07, 6.45) is 9.88. The van der Waals surface area contributed by atoms with E-state index in [0.717, 1.165) is 11.3 Å². The summed E-state index contributed by atoms with van der Waals surface area (Å²) in [5.74, 6) is -0.756. The van der Waals surface area contributed by atoms with Crippen molar-refractivity contribution in [1.29, 1.82) is 0 Å². The predicted molar refractivity (Wildman–Crippen MR) is 130 cm³/mol. The van der Waals surface area contributed by atoms with Gasteiger partial charge in [-0.2, -0.15) is 0 Å². The zero-order valence-electron chi connectivity index (χ0n) is 18.4. The number of ether oxygens (including phenoxy) is 1. The molecular formula is C25H23Cl2N3O4. The van der Waals surface area contributed by atoms with Gasteiger partial charge in [-0.15, -0.1) is 0 Å². The molecular weight excluding hydrogens is 477 g/mol. The molecule has 1 spiro atoms. The second kappa shape index (κ2) is 9.99. The first kappa shape index (κ1) is 24.0. The van der Waals surface area contributed by atoms with E-state index < -0.39 is 17.4 Å². The molecule has 0 bridgehead atoms. The number of ketones is 1. The van der Waals surface area contributed by atoms with Crippen molar-refractivity contribution in [3.05, 3.63) is 81.8 Å². The lowest BCUT2D eigenvalue weighted by atomic mass is 9.69. The van der Waals surface area contributed by atoms with Crippen LogP contribution in [0.3, 0.4) is 0 Å². The maximum atomic E-state index is 12.6. The molecule has 4 rings (SSSR count). The minimum absolute atomic E-state index is 0.0807. The Morgan fingerprint density at radius 2 is 1.76 bits per heavy atom. The molecule has 1 aromatic heterocycles. The van der Waals surface area contributed by atoms with Gasteiger partial charge < -0.3 is 15.4 Å². The molecule has 0 saturated carbocycles. The zero-order valence-corrected chi connectivity index (χ0v) is 19.9. The van der Waals surface area contributed by atoms with Crippen molar-refractivity contribution in [3.8, 4) is 0 Å². The number of hydrogen-bond acceptors (Lipinski definition) is 6. The topological polar surface area (TPSA) is 97.4 Å². The fourth-order valence-corrected chi connectivity index (χ4v) is 4.66. The molecule has 1 amide bonds. The minimum Gasteiger partial charge on any atom is -0.464 e. The molecule has 1 heterocycles. The van der Waals surface area contributed by atoms with E-state index in [-0.39, 0.29) is 34.0 Å². The normalized spacial score (nSPS) is 16.6. The maximum absolute atomic E-state index is 12.6. The number of esters is 1. The highest BCUT2D eigenvalue weighted by atomic mass is 35.5. The molecule has 2 aromatic rings. The largest absolute Gasteiger partial charge is 0.464 e. The SMILES string of the molecule is CCOC(=O)C(Cc1ccc(NC(=O)c2c(Cl)cncc2Cl)cc1)NC1=CC(=O)C12CC=CC2. The zero-order chi connectivity index (χ0) is 24.3. The number of nitrogens with zero attached hydrogens (tertiary/aromatic N) is 1. The van der Waals surface area contributed by atoms with Gasteiger partial charge in [-0.3, -0.25) is 14.6 Å². The molecule has 1 atom stereocenters. The Morgan fingerprint density at radius 3 is 2.35 bits per heavy atom. The first-order valence-corrected chi connectivity index (χ1v) is 11.6. The van der Waals surface area contributed by atoms with E-state index in [9.17, 15) is 14.4 Å². The Balaban J connectivity index is 1.45. The number of pyridine rings is 1. The number of halogens is 2. The summed E-state index contributed by atoms with van der Waals surface area (Å²) < 4.78 is 5.26. The van der Waals surface area contributed by atoms with Crippen molar-refractivity contribution < 1.29 is 19.1 Å². The van der Waals surface area contributed by atoms with Gasteiger partial charge in [0.05, 0.1) is 27.6 Å². The van der Waals surface area contributed by atoms with Crippen LogP contribution in [0, 0.1) is 5.41 Å². The van der Waals surface area contributed by atoms with Crippen LogP contribution in [0.25, 0.3) is 0 Å². The standard InChI is InChI=1S/C25H23Cl2N3O4/c1-2-34-24(33)19(30-20-12-21(31)25(20)9-3-4-10-25)11-15-5-7-16(8-6-15)29-23(32)22-17(26)13-28-14-18(22)27/h3-8,12-14,19,30H,2,9-11H2,1H3,(H,29,32). The highest BCUT2D eigenvalue weighted by molar-refractivity contribution is 6.40. The average Bonchev–Trinajstić information content (AvgIpc) is 3.33. The van der Waals surface area contributed by atoms with Crippen LogP contribution in [0.2, 0.25) is 10.0 Å². The van der Waals surface area contributed by atoms with Gasteiger partial charge in [0.25, 0.3) is 5.91 Å². The number of rotatable bonds is 8. The van der Waals surface area contributed by atoms with Gasteiger partial charge in [0.15, 0.2) is 5.78 Å². The van der Waals surface area contributed by atoms with Crippen molar-refractivity contribution in [2.75, 3.05) is 11.9 Å². The van der Waals surface area contributed by atoms with Crippen LogP contribution in [-0.4, -0.2) is 35.3 Å². The molecule has 7 nitrogen and oxygen atoms in total. The Kier molecular flexibility index (Phi) is 7.05. The van der Waals surface area contributed by atoms with Gasteiger partial charge in [0, 0.05) is 36.3 Å². The lowest BCUT2D eigenvalue weighted by Gasteiger charge is -2.39. The van der Waals surface area contributed by atoms with Crippen LogP contribution in [0.15, 0.2) is 60.6 Å². The summed E-state index contributed by atoms with van der Waals surface area (Å²) in [6.45, 7) is 2.01. The predicted octanol–water partition coefficient (Wildman–Crippen LogP) is 4.51. The Labute approximate surface area is 207 Å².